The van der Waals surface area contributed by atoms with Crippen LogP contribution in [0.4, 0.5) is 42.1 Å². The molecule has 4 rings (SSSR count). The normalized spacial score (nSPS) is 17.9. The van der Waals surface area contributed by atoms with Crippen molar-refractivity contribution in [1.82, 2.24) is 0 Å². The Morgan fingerprint density at radius 2 is 1.38 bits per heavy atom. The second kappa shape index (κ2) is 9.70. The monoisotopic (exact) mass is 584 g/mol. The van der Waals surface area contributed by atoms with E-state index in [-0.39, 0.29) is 22.0 Å². The summed E-state index contributed by atoms with van der Waals surface area (Å²) >= 11 is 17.9. The highest BCUT2D eigenvalue weighted by Gasteiger charge is 2.69. The molecule has 1 saturated carbocycles. The highest BCUT2D eigenvalue weighted by Crippen LogP contribution is 2.66. The average molecular weight is 586 g/mol. The van der Waals surface area contributed by atoms with Gasteiger partial charge in [0, 0.05) is 23.2 Å². The zero-order valence-corrected chi connectivity index (χ0v) is 20.0. The van der Waals surface area contributed by atoms with Crippen molar-refractivity contribution in [3.05, 3.63) is 93.3 Å². The summed E-state index contributed by atoms with van der Waals surface area (Å²) in [6.45, 7) is 0. The summed E-state index contributed by atoms with van der Waals surface area (Å²) in [5, 5.41) is 4.31. The summed E-state index contributed by atoms with van der Waals surface area (Å²) in [4.78, 5) is 25.3. The van der Waals surface area contributed by atoms with Crippen molar-refractivity contribution in [3.63, 3.8) is 0 Å². The Balaban J connectivity index is 1.57. The van der Waals surface area contributed by atoms with Crippen LogP contribution < -0.4 is 10.6 Å². The van der Waals surface area contributed by atoms with Crippen molar-refractivity contribution in [1.29, 1.82) is 0 Å². The van der Waals surface area contributed by atoms with Crippen LogP contribution in [0, 0.1) is 46.6 Å². The number of hydrogen-bond acceptors (Lipinski definition) is 2. The molecule has 37 heavy (non-hydrogen) atoms. The van der Waals surface area contributed by atoms with Gasteiger partial charge in [-0.3, -0.25) is 9.59 Å². The largest absolute Gasteiger partial charge is 0.326 e. The number of carbonyl (C=O) groups excluding carboxylic acids is 2. The number of benzene rings is 3. The minimum Gasteiger partial charge on any atom is -0.326 e. The number of anilines is 2. The number of rotatable bonds is 5. The van der Waals surface area contributed by atoms with Crippen LogP contribution in [0.5, 0.6) is 0 Å². The van der Waals surface area contributed by atoms with Gasteiger partial charge in [0.1, 0.15) is 16.0 Å². The van der Waals surface area contributed by atoms with E-state index in [4.69, 9.17) is 34.8 Å². The van der Waals surface area contributed by atoms with Crippen molar-refractivity contribution in [2.45, 2.75) is 10.3 Å². The lowest BCUT2D eigenvalue weighted by atomic mass is 10.1. The standard InChI is InChI=1S/C23H10Cl3F7N2O2/c24-10-3-2-8(6-9(10)21(36)35-12-4-1-7(27)5-11(12)28)34-22(37)15-14(23(15,25)26)13-16(29)18(31)20(33)19(32)17(13)30/h1-6,14-15H,(H,34,37)(H,35,36). The van der Waals surface area contributed by atoms with Crippen LogP contribution in [0.1, 0.15) is 21.8 Å². The van der Waals surface area contributed by atoms with E-state index in [0.717, 1.165) is 18.2 Å². The summed E-state index contributed by atoms with van der Waals surface area (Å²) < 4.78 is 93.8. The van der Waals surface area contributed by atoms with Crippen LogP contribution in [-0.4, -0.2) is 16.1 Å². The van der Waals surface area contributed by atoms with Gasteiger partial charge in [-0.15, -0.1) is 23.2 Å². The van der Waals surface area contributed by atoms with Crippen LogP contribution in [0.15, 0.2) is 36.4 Å². The van der Waals surface area contributed by atoms with E-state index in [2.05, 4.69) is 10.6 Å². The molecule has 2 atom stereocenters. The van der Waals surface area contributed by atoms with E-state index < -0.39 is 74.3 Å². The fourth-order valence-electron chi connectivity index (χ4n) is 3.68. The minimum atomic E-state index is -2.39. The van der Waals surface area contributed by atoms with Gasteiger partial charge in [0.05, 0.1) is 22.2 Å². The number of halogens is 10. The van der Waals surface area contributed by atoms with E-state index in [1.807, 2.05) is 0 Å². The number of alkyl halides is 2. The van der Waals surface area contributed by atoms with E-state index in [1.54, 1.807) is 0 Å². The van der Waals surface area contributed by atoms with Crippen molar-refractivity contribution in [2.24, 2.45) is 5.92 Å². The molecule has 0 heterocycles. The Morgan fingerprint density at radius 1 is 0.784 bits per heavy atom. The molecule has 0 saturated heterocycles. The molecule has 1 aliphatic carbocycles. The molecule has 0 bridgehead atoms. The highest BCUT2D eigenvalue weighted by atomic mass is 35.5. The fourth-order valence-corrected chi connectivity index (χ4v) is 4.68. The van der Waals surface area contributed by atoms with Crippen molar-refractivity contribution in [2.75, 3.05) is 10.6 Å². The van der Waals surface area contributed by atoms with Gasteiger partial charge >= 0.3 is 0 Å². The molecule has 1 fully saturated rings. The first-order valence-electron chi connectivity index (χ1n) is 10.0. The minimum absolute atomic E-state index is 0.105. The quantitative estimate of drug-likeness (QED) is 0.145. The van der Waals surface area contributed by atoms with Gasteiger partial charge in [-0.1, -0.05) is 11.6 Å². The molecular formula is C23H10Cl3F7N2O2. The second-order valence-electron chi connectivity index (χ2n) is 7.88. The number of nitrogens with one attached hydrogen (secondary N) is 2. The molecule has 14 heteroatoms. The average Bonchev–Trinajstić information content (AvgIpc) is 3.40. The lowest BCUT2D eigenvalue weighted by Crippen LogP contribution is -2.18. The molecule has 1 aliphatic rings. The summed E-state index contributed by atoms with van der Waals surface area (Å²) in [6, 6.07) is 5.85. The van der Waals surface area contributed by atoms with Gasteiger partial charge in [-0.2, -0.15) is 0 Å². The van der Waals surface area contributed by atoms with Crippen LogP contribution in [0.3, 0.4) is 0 Å². The van der Waals surface area contributed by atoms with Gasteiger partial charge < -0.3 is 10.6 Å². The van der Waals surface area contributed by atoms with E-state index in [9.17, 15) is 40.3 Å². The first kappa shape index (κ1) is 27.0. The molecule has 4 nitrogen and oxygen atoms in total. The highest BCUT2D eigenvalue weighted by molar-refractivity contribution is 6.53. The first-order valence-corrected chi connectivity index (χ1v) is 11.1. The summed E-state index contributed by atoms with van der Waals surface area (Å²) in [5.41, 5.74) is -2.08. The van der Waals surface area contributed by atoms with Crippen LogP contribution in [0.2, 0.25) is 5.02 Å². The van der Waals surface area contributed by atoms with Crippen molar-refractivity contribution < 1.29 is 40.3 Å². The predicted molar refractivity (Wildman–Crippen MR) is 121 cm³/mol. The summed E-state index contributed by atoms with van der Waals surface area (Å²) in [6.07, 6.45) is 0. The Labute approximate surface area is 218 Å². The maximum Gasteiger partial charge on any atom is 0.257 e. The third-order valence-corrected chi connectivity index (χ3v) is 6.82. The maximum atomic E-state index is 14.2. The van der Waals surface area contributed by atoms with E-state index in [1.165, 1.54) is 12.1 Å². The topological polar surface area (TPSA) is 58.2 Å². The van der Waals surface area contributed by atoms with Crippen LogP contribution in [-0.2, 0) is 4.79 Å². The Hall–Kier alpha value is -3.02. The molecule has 3 aromatic rings. The van der Waals surface area contributed by atoms with E-state index in [0.29, 0.717) is 6.07 Å². The van der Waals surface area contributed by atoms with Crippen molar-refractivity contribution in [3.8, 4) is 0 Å². The molecule has 0 aliphatic heterocycles. The molecule has 0 spiro atoms. The molecule has 194 valence electrons. The lowest BCUT2D eigenvalue weighted by molar-refractivity contribution is -0.117. The van der Waals surface area contributed by atoms with Crippen LogP contribution >= 0.6 is 34.8 Å². The Bertz CT molecular complexity index is 1440. The fraction of sp³-hybridized carbons (Fsp3) is 0.130. The molecule has 2 unspecified atom stereocenters. The molecule has 2 N–H and O–H groups in total. The molecule has 0 aromatic heterocycles. The van der Waals surface area contributed by atoms with Gasteiger partial charge in [0.25, 0.3) is 5.91 Å². The van der Waals surface area contributed by atoms with Gasteiger partial charge in [0.15, 0.2) is 23.3 Å². The number of carbonyl (C=O) groups is 2. The molecule has 3 aromatic carbocycles. The predicted octanol–water partition coefficient (Wildman–Crippen LogP) is 7.09. The molecule has 2 amide bonds. The summed E-state index contributed by atoms with van der Waals surface area (Å²) in [7, 11) is 0. The van der Waals surface area contributed by atoms with E-state index >= 15 is 0 Å². The van der Waals surface area contributed by atoms with Crippen LogP contribution in [0.25, 0.3) is 0 Å². The molecule has 0 radical (unpaired) electrons. The first-order chi connectivity index (χ1) is 17.2. The summed E-state index contributed by atoms with van der Waals surface area (Å²) in [5.74, 6) is -18.6. The lowest BCUT2D eigenvalue weighted by Gasteiger charge is -2.11. The molecular weight excluding hydrogens is 576 g/mol. The smallest absolute Gasteiger partial charge is 0.257 e. The Kier molecular flexibility index (Phi) is 7.08. The zero-order valence-electron chi connectivity index (χ0n) is 17.7. The Morgan fingerprint density at radius 3 is 1.97 bits per heavy atom. The number of hydrogen-bond donors (Lipinski definition) is 2. The van der Waals surface area contributed by atoms with Crippen molar-refractivity contribution >= 4 is 58.0 Å². The zero-order chi connectivity index (χ0) is 27.4. The third-order valence-electron chi connectivity index (χ3n) is 5.55. The van der Waals surface area contributed by atoms with Gasteiger partial charge in [0.2, 0.25) is 11.7 Å². The second-order valence-corrected chi connectivity index (χ2v) is 9.73. The number of amides is 2. The SMILES string of the molecule is O=C(Nc1ccc(F)cc1F)c1cc(NC(=O)C2C(c3c(F)c(F)c(F)c(F)c3F)C2(Cl)Cl)ccc1Cl. The maximum absolute atomic E-state index is 14.2. The van der Waals surface area contributed by atoms with Gasteiger partial charge in [-0.25, -0.2) is 30.7 Å². The van der Waals surface area contributed by atoms with Gasteiger partial charge in [-0.05, 0) is 30.3 Å². The third kappa shape index (κ3) is 4.83.